The lowest BCUT2D eigenvalue weighted by Gasteiger charge is -2.11. The predicted octanol–water partition coefficient (Wildman–Crippen LogP) is 0.598. The first-order valence-corrected chi connectivity index (χ1v) is 5.22. The van der Waals surface area contributed by atoms with Crippen LogP contribution < -0.4 is 0 Å². The van der Waals surface area contributed by atoms with Gasteiger partial charge >= 0.3 is 0 Å². The Morgan fingerprint density at radius 1 is 1.45 bits per heavy atom. The highest BCUT2D eigenvalue weighted by molar-refractivity contribution is 7.95. The zero-order valence-electron chi connectivity index (χ0n) is 7.09. The Labute approximate surface area is 67.6 Å². The van der Waals surface area contributed by atoms with E-state index in [1.165, 1.54) is 0 Å². The van der Waals surface area contributed by atoms with Gasteiger partial charge in [0, 0.05) is 13.6 Å². The summed E-state index contributed by atoms with van der Waals surface area (Å²) in [5.41, 5.74) is 0.880. The molecule has 0 aromatic heterocycles. The summed E-state index contributed by atoms with van der Waals surface area (Å²) in [7, 11) is -1.12. The maximum Gasteiger partial charge on any atom is 0.195 e. The molecule has 11 heavy (non-hydrogen) atoms. The van der Waals surface area contributed by atoms with E-state index in [1.807, 2.05) is 20.9 Å². The third-order valence-electron chi connectivity index (χ3n) is 1.76. The first-order chi connectivity index (χ1) is 4.95. The van der Waals surface area contributed by atoms with Crippen molar-refractivity contribution in [3.63, 3.8) is 0 Å². The smallest absolute Gasteiger partial charge is 0.195 e. The van der Waals surface area contributed by atoms with Crippen LogP contribution in [0.5, 0.6) is 0 Å². The number of hydrogen-bond donors (Lipinski definition) is 0. The van der Waals surface area contributed by atoms with Crippen molar-refractivity contribution in [2.45, 2.75) is 13.8 Å². The molecule has 1 heterocycles. The third kappa shape index (κ3) is 1.40. The minimum absolute atomic E-state index is 0.268. The molecule has 1 aliphatic heterocycles. The number of hydrogen-bond acceptors (Lipinski definition) is 3. The Morgan fingerprint density at radius 2 is 2.00 bits per heavy atom. The molecule has 0 saturated carbocycles. The number of nitrogens with zero attached hydrogens (tertiary/aromatic N) is 1. The fraction of sp³-hybridized carbons (Fsp3) is 0.714. The van der Waals surface area contributed by atoms with Crippen LogP contribution in [0.3, 0.4) is 0 Å². The quantitative estimate of drug-likeness (QED) is 0.541. The molecule has 0 radical (unpaired) electrons. The SMILES string of the molecule is CC(C)=C1N(C)CCS1(=O)=O. The van der Waals surface area contributed by atoms with Crippen LogP contribution in [0.25, 0.3) is 0 Å². The summed E-state index contributed by atoms with van der Waals surface area (Å²) in [5, 5.41) is 0.512. The van der Waals surface area contributed by atoms with Gasteiger partial charge in [-0.05, 0) is 19.4 Å². The van der Waals surface area contributed by atoms with Gasteiger partial charge < -0.3 is 4.90 Å². The van der Waals surface area contributed by atoms with E-state index in [9.17, 15) is 8.42 Å². The molecule has 0 aromatic rings. The van der Waals surface area contributed by atoms with E-state index < -0.39 is 9.84 Å². The highest BCUT2D eigenvalue weighted by Gasteiger charge is 2.29. The second-order valence-electron chi connectivity index (χ2n) is 3.05. The Hall–Kier alpha value is -0.510. The minimum atomic E-state index is -2.93. The largest absolute Gasteiger partial charge is 0.364 e. The average molecular weight is 175 g/mol. The Morgan fingerprint density at radius 3 is 2.18 bits per heavy atom. The summed E-state index contributed by atoms with van der Waals surface area (Å²) < 4.78 is 22.6. The third-order valence-corrected chi connectivity index (χ3v) is 3.79. The van der Waals surface area contributed by atoms with Crippen molar-refractivity contribution >= 4 is 9.84 Å². The molecular weight excluding hydrogens is 162 g/mol. The molecule has 0 aliphatic carbocycles. The van der Waals surface area contributed by atoms with Gasteiger partial charge in [0.15, 0.2) is 9.84 Å². The van der Waals surface area contributed by atoms with Crippen molar-refractivity contribution in [2.24, 2.45) is 0 Å². The van der Waals surface area contributed by atoms with E-state index >= 15 is 0 Å². The van der Waals surface area contributed by atoms with Crippen LogP contribution in [0.2, 0.25) is 0 Å². The molecule has 4 heteroatoms. The molecule has 0 atom stereocenters. The van der Waals surface area contributed by atoms with Gasteiger partial charge in [-0.25, -0.2) is 8.42 Å². The standard InChI is InChI=1S/C7H13NO2S/c1-6(2)7-8(3)4-5-11(7,9)10/h4-5H2,1-3H3. The van der Waals surface area contributed by atoms with Crippen LogP contribution in [0, 0.1) is 0 Å². The summed E-state index contributed by atoms with van der Waals surface area (Å²) >= 11 is 0. The molecule has 1 saturated heterocycles. The van der Waals surface area contributed by atoms with Gasteiger partial charge in [0.05, 0.1) is 5.75 Å². The van der Waals surface area contributed by atoms with Crippen molar-refractivity contribution < 1.29 is 8.42 Å². The summed E-state index contributed by atoms with van der Waals surface area (Å²) in [6, 6.07) is 0. The molecule has 0 bridgehead atoms. The van der Waals surface area contributed by atoms with E-state index in [4.69, 9.17) is 0 Å². The van der Waals surface area contributed by atoms with Crippen molar-refractivity contribution in [2.75, 3.05) is 19.3 Å². The molecule has 0 aromatic carbocycles. The summed E-state index contributed by atoms with van der Waals surface area (Å²) in [4.78, 5) is 1.80. The van der Waals surface area contributed by atoms with Crippen LogP contribution >= 0.6 is 0 Å². The number of sulfone groups is 1. The minimum Gasteiger partial charge on any atom is -0.364 e. The molecule has 0 unspecified atom stereocenters. The molecule has 64 valence electrons. The summed E-state index contributed by atoms with van der Waals surface area (Å²) in [6.45, 7) is 4.28. The molecule has 1 rings (SSSR count). The fourth-order valence-corrected chi connectivity index (χ4v) is 3.28. The van der Waals surface area contributed by atoms with E-state index in [1.54, 1.807) is 4.90 Å². The highest BCUT2D eigenvalue weighted by Crippen LogP contribution is 2.22. The Kier molecular flexibility index (Phi) is 1.96. The van der Waals surface area contributed by atoms with Gasteiger partial charge in [-0.3, -0.25) is 0 Å². The monoisotopic (exact) mass is 175 g/mol. The number of rotatable bonds is 0. The molecule has 1 aliphatic rings. The fourth-order valence-electron chi connectivity index (χ4n) is 1.39. The molecule has 1 fully saturated rings. The lowest BCUT2D eigenvalue weighted by atomic mass is 10.4. The Balaban J connectivity index is 3.21. The second kappa shape index (κ2) is 2.52. The average Bonchev–Trinajstić information content (AvgIpc) is 2.06. The molecular formula is C7H13NO2S. The van der Waals surface area contributed by atoms with E-state index in [-0.39, 0.29) is 5.75 Å². The van der Waals surface area contributed by atoms with Gasteiger partial charge in [-0.2, -0.15) is 0 Å². The lowest BCUT2D eigenvalue weighted by molar-refractivity contribution is 0.486. The molecule has 0 amide bonds. The predicted molar refractivity (Wildman–Crippen MR) is 44.8 cm³/mol. The lowest BCUT2D eigenvalue weighted by Crippen LogP contribution is -2.13. The summed E-state index contributed by atoms with van der Waals surface area (Å²) in [5.74, 6) is 0.268. The van der Waals surface area contributed by atoms with Crippen LogP contribution in [0.4, 0.5) is 0 Å². The highest BCUT2D eigenvalue weighted by atomic mass is 32.2. The van der Waals surface area contributed by atoms with Crippen LogP contribution in [-0.4, -0.2) is 32.7 Å². The molecule has 0 N–H and O–H groups in total. The van der Waals surface area contributed by atoms with Crippen molar-refractivity contribution in [1.29, 1.82) is 0 Å². The summed E-state index contributed by atoms with van der Waals surface area (Å²) in [6.07, 6.45) is 0. The zero-order valence-corrected chi connectivity index (χ0v) is 7.90. The van der Waals surface area contributed by atoms with Gasteiger partial charge in [0.2, 0.25) is 0 Å². The first kappa shape index (κ1) is 8.59. The Bertz CT molecular complexity index is 286. The zero-order chi connectivity index (χ0) is 8.65. The van der Waals surface area contributed by atoms with E-state index in [2.05, 4.69) is 0 Å². The van der Waals surface area contributed by atoms with Crippen molar-refractivity contribution in [1.82, 2.24) is 4.90 Å². The maximum absolute atomic E-state index is 11.3. The van der Waals surface area contributed by atoms with Gasteiger partial charge in [-0.15, -0.1) is 0 Å². The van der Waals surface area contributed by atoms with Gasteiger partial charge in [0.25, 0.3) is 0 Å². The maximum atomic E-state index is 11.3. The molecule has 0 spiro atoms. The van der Waals surface area contributed by atoms with E-state index in [0.717, 1.165) is 5.57 Å². The van der Waals surface area contributed by atoms with Crippen LogP contribution in [0.15, 0.2) is 10.6 Å². The van der Waals surface area contributed by atoms with E-state index in [0.29, 0.717) is 11.6 Å². The van der Waals surface area contributed by atoms with Crippen molar-refractivity contribution in [3.05, 3.63) is 10.6 Å². The number of allylic oxidation sites excluding steroid dienone is 1. The van der Waals surface area contributed by atoms with Crippen LogP contribution in [-0.2, 0) is 9.84 Å². The molecule has 3 nitrogen and oxygen atoms in total. The second-order valence-corrected chi connectivity index (χ2v) is 5.07. The topological polar surface area (TPSA) is 37.4 Å². The van der Waals surface area contributed by atoms with Gasteiger partial charge in [-0.1, -0.05) is 0 Å². The first-order valence-electron chi connectivity index (χ1n) is 3.56. The normalized spacial score (nSPS) is 22.5. The van der Waals surface area contributed by atoms with Crippen molar-refractivity contribution in [3.8, 4) is 0 Å². The van der Waals surface area contributed by atoms with Gasteiger partial charge in [0.1, 0.15) is 5.03 Å². The van der Waals surface area contributed by atoms with Crippen LogP contribution in [0.1, 0.15) is 13.8 Å².